The molecule has 0 amide bonds. The van der Waals surface area contributed by atoms with E-state index in [0.717, 1.165) is 15.9 Å². The third-order valence-electron chi connectivity index (χ3n) is 2.68. The van der Waals surface area contributed by atoms with Crippen molar-refractivity contribution in [1.29, 1.82) is 0 Å². The summed E-state index contributed by atoms with van der Waals surface area (Å²) >= 11 is 3.42. The highest BCUT2D eigenvalue weighted by Crippen LogP contribution is 2.26. The second-order valence-corrected chi connectivity index (χ2v) is 4.91. The molecule has 2 aromatic rings. The fourth-order valence-corrected chi connectivity index (χ4v) is 2.20. The Bertz CT molecular complexity index is 676. The van der Waals surface area contributed by atoms with E-state index in [1.807, 2.05) is 13.8 Å². The van der Waals surface area contributed by atoms with Crippen molar-refractivity contribution in [3.8, 4) is 0 Å². The van der Waals surface area contributed by atoms with E-state index in [-0.39, 0.29) is 0 Å². The molecule has 0 bridgehead atoms. The first kappa shape index (κ1) is 13.7. The van der Waals surface area contributed by atoms with E-state index in [1.54, 1.807) is 11.4 Å². The minimum Gasteiger partial charge on any atom is -0.462 e. The van der Waals surface area contributed by atoms with Crippen LogP contribution in [0.4, 0.5) is 0 Å². The van der Waals surface area contributed by atoms with Crippen LogP contribution in [0.3, 0.4) is 0 Å². The minimum absolute atomic E-state index is 0.316. The number of halogens is 1. The summed E-state index contributed by atoms with van der Waals surface area (Å²) in [6.07, 6.45) is 1.49. The molecule has 0 radical (unpaired) electrons. The summed E-state index contributed by atoms with van der Waals surface area (Å²) in [6, 6.07) is 0. The lowest BCUT2D eigenvalue weighted by molar-refractivity contribution is 0.0525. The second kappa shape index (κ2) is 5.13. The molecule has 2 heterocycles. The van der Waals surface area contributed by atoms with Crippen molar-refractivity contribution >= 4 is 33.1 Å². The maximum absolute atomic E-state index is 12.0. The lowest BCUT2D eigenvalue weighted by atomic mass is 10.1. The number of carbonyl (C=O) groups is 1. The van der Waals surface area contributed by atoms with Crippen LogP contribution in [0, 0.1) is 6.92 Å². The molecule has 0 unspecified atom stereocenters. The number of rotatable bonds is 3. The Hall–Kier alpha value is -1.69. The van der Waals surface area contributed by atoms with Gasteiger partial charge in [0.15, 0.2) is 5.65 Å². The number of aryl methyl sites for hydroxylation is 1. The molecule has 2 rings (SSSR count). The van der Waals surface area contributed by atoms with Gasteiger partial charge in [-0.15, -0.1) is 0 Å². The fraction of sp³-hybridized carbons (Fsp3) is 0.308. The topological polar surface area (TPSA) is 56.5 Å². The summed E-state index contributed by atoms with van der Waals surface area (Å²) < 4.78 is 7.44. The number of hydrogen-bond donors (Lipinski definition) is 0. The van der Waals surface area contributed by atoms with Crippen LogP contribution in [0.25, 0.3) is 11.2 Å². The molecule has 5 nitrogen and oxygen atoms in total. The highest BCUT2D eigenvalue weighted by atomic mass is 79.9. The van der Waals surface area contributed by atoms with Gasteiger partial charge in [0.2, 0.25) is 0 Å². The molecule has 0 saturated heterocycles. The molecule has 0 saturated carbocycles. The normalized spacial score (nSPS) is 10.7. The van der Waals surface area contributed by atoms with Gasteiger partial charge in [-0.25, -0.2) is 14.3 Å². The number of carbonyl (C=O) groups excluding carboxylic acids is 1. The Morgan fingerprint density at radius 3 is 2.84 bits per heavy atom. The first-order chi connectivity index (χ1) is 8.97. The maximum atomic E-state index is 12.0. The molecule has 0 aromatic carbocycles. The molecular weight excluding hydrogens is 310 g/mol. The van der Waals surface area contributed by atoms with Gasteiger partial charge in [-0.05, 0) is 42.3 Å². The average Bonchev–Trinajstić information content (AvgIpc) is 2.64. The minimum atomic E-state index is -0.410. The lowest BCUT2D eigenvalue weighted by Crippen LogP contribution is -2.10. The molecule has 2 aromatic heterocycles. The third kappa shape index (κ3) is 2.28. The molecule has 0 aliphatic heterocycles. The molecule has 0 aliphatic carbocycles. The predicted molar refractivity (Wildman–Crippen MR) is 76.1 cm³/mol. The molecule has 0 N–H and O–H groups in total. The first-order valence-corrected chi connectivity index (χ1v) is 6.63. The van der Waals surface area contributed by atoms with Gasteiger partial charge in [0.25, 0.3) is 0 Å². The maximum Gasteiger partial charge on any atom is 0.340 e. The Labute approximate surface area is 119 Å². The number of aromatic nitrogens is 3. The fourth-order valence-electron chi connectivity index (χ4n) is 1.85. The van der Waals surface area contributed by atoms with Crippen LogP contribution in [0.5, 0.6) is 0 Å². The summed E-state index contributed by atoms with van der Waals surface area (Å²) in [7, 11) is 0. The van der Waals surface area contributed by atoms with Crippen LogP contribution >= 0.6 is 15.9 Å². The molecule has 0 spiro atoms. The van der Waals surface area contributed by atoms with Crippen LogP contribution in [-0.2, 0) is 4.74 Å². The predicted octanol–water partition coefficient (Wildman–Crippen LogP) is 3.01. The summed E-state index contributed by atoms with van der Waals surface area (Å²) in [4.78, 5) is 16.4. The van der Waals surface area contributed by atoms with Gasteiger partial charge in [0, 0.05) is 5.56 Å². The SMILES string of the molecule is C=C(C)c1c(C(=O)OCC)cnn2c(Br)c(C)nc12. The van der Waals surface area contributed by atoms with E-state index in [9.17, 15) is 4.79 Å². The van der Waals surface area contributed by atoms with Crippen molar-refractivity contribution in [2.24, 2.45) is 0 Å². The van der Waals surface area contributed by atoms with E-state index in [4.69, 9.17) is 4.74 Å². The van der Waals surface area contributed by atoms with Crippen LogP contribution in [0.2, 0.25) is 0 Å². The number of nitrogens with zero attached hydrogens (tertiary/aromatic N) is 3. The molecule has 19 heavy (non-hydrogen) atoms. The first-order valence-electron chi connectivity index (χ1n) is 5.84. The van der Waals surface area contributed by atoms with Crippen LogP contribution in [0.1, 0.15) is 35.5 Å². The molecule has 6 heteroatoms. The van der Waals surface area contributed by atoms with Gasteiger partial charge in [-0.3, -0.25) is 0 Å². The van der Waals surface area contributed by atoms with Crippen molar-refractivity contribution in [3.63, 3.8) is 0 Å². The van der Waals surface area contributed by atoms with Crippen molar-refractivity contribution in [3.05, 3.63) is 34.2 Å². The summed E-state index contributed by atoms with van der Waals surface area (Å²) in [6.45, 7) is 9.69. The van der Waals surface area contributed by atoms with Gasteiger partial charge < -0.3 is 4.74 Å². The van der Waals surface area contributed by atoms with E-state index < -0.39 is 5.97 Å². The third-order valence-corrected chi connectivity index (χ3v) is 3.59. The number of fused-ring (bicyclic) bond motifs is 1. The van der Waals surface area contributed by atoms with Gasteiger partial charge in [-0.1, -0.05) is 6.58 Å². The Kier molecular flexibility index (Phi) is 3.71. The Morgan fingerprint density at radius 1 is 1.58 bits per heavy atom. The van der Waals surface area contributed by atoms with Crippen LogP contribution in [-0.4, -0.2) is 27.2 Å². The van der Waals surface area contributed by atoms with Gasteiger partial charge in [-0.2, -0.15) is 5.10 Å². The monoisotopic (exact) mass is 323 g/mol. The smallest absolute Gasteiger partial charge is 0.340 e. The molecule has 100 valence electrons. The zero-order valence-electron chi connectivity index (χ0n) is 11.0. The van der Waals surface area contributed by atoms with Gasteiger partial charge in [0.05, 0.1) is 24.1 Å². The molecule has 0 fully saturated rings. The molecule has 0 atom stereocenters. The van der Waals surface area contributed by atoms with Crippen molar-refractivity contribution < 1.29 is 9.53 Å². The quantitative estimate of drug-likeness (QED) is 0.815. The van der Waals surface area contributed by atoms with E-state index in [0.29, 0.717) is 23.4 Å². The average molecular weight is 324 g/mol. The van der Waals surface area contributed by atoms with E-state index in [2.05, 4.69) is 32.6 Å². The van der Waals surface area contributed by atoms with Gasteiger partial charge in [0.1, 0.15) is 4.60 Å². The Morgan fingerprint density at radius 2 is 2.26 bits per heavy atom. The lowest BCUT2D eigenvalue weighted by Gasteiger charge is -2.09. The number of allylic oxidation sites excluding steroid dienone is 1. The molecular formula is C13H14BrN3O2. The zero-order valence-corrected chi connectivity index (χ0v) is 12.6. The van der Waals surface area contributed by atoms with Crippen LogP contribution < -0.4 is 0 Å². The summed E-state index contributed by atoms with van der Waals surface area (Å²) in [5.74, 6) is -0.410. The highest BCUT2D eigenvalue weighted by Gasteiger charge is 2.20. The number of esters is 1. The zero-order chi connectivity index (χ0) is 14.2. The number of ether oxygens (including phenoxy) is 1. The van der Waals surface area contributed by atoms with E-state index >= 15 is 0 Å². The Balaban J connectivity index is 2.76. The number of hydrogen-bond acceptors (Lipinski definition) is 4. The largest absolute Gasteiger partial charge is 0.462 e. The standard InChI is InChI=1S/C13H14BrN3O2/c1-5-19-13(18)9-6-15-17-11(14)8(4)16-12(17)10(9)7(2)3/h6H,2,5H2,1,3-4H3. The number of imidazole rings is 1. The van der Waals surface area contributed by atoms with Crippen LogP contribution in [0.15, 0.2) is 17.4 Å². The van der Waals surface area contributed by atoms with Crippen molar-refractivity contribution in [2.45, 2.75) is 20.8 Å². The van der Waals surface area contributed by atoms with E-state index in [1.165, 1.54) is 6.20 Å². The van der Waals surface area contributed by atoms with Gasteiger partial charge >= 0.3 is 5.97 Å². The summed E-state index contributed by atoms with van der Waals surface area (Å²) in [5.41, 5.74) is 3.20. The molecule has 0 aliphatic rings. The van der Waals surface area contributed by atoms with Crippen molar-refractivity contribution in [1.82, 2.24) is 14.6 Å². The van der Waals surface area contributed by atoms with Crippen molar-refractivity contribution in [2.75, 3.05) is 6.61 Å². The summed E-state index contributed by atoms with van der Waals surface area (Å²) in [5, 5.41) is 4.21. The highest BCUT2D eigenvalue weighted by molar-refractivity contribution is 9.10. The second-order valence-electron chi connectivity index (χ2n) is 4.16.